The van der Waals surface area contributed by atoms with E-state index in [0.29, 0.717) is 12.6 Å². The molecular formula is C18H29N5O2. The Balaban J connectivity index is 1.37. The zero-order chi connectivity index (χ0) is 17.2. The molecule has 0 saturated carbocycles. The summed E-state index contributed by atoms with van der Waals surface area (Å²) in [7, 11) is 0. The maximum absolute atomic E-state index is 12.6. The molecule has 138 valence electrons. The van der Waals surface area contributed by atoms with Crippen molar-refractivity contribution >= 4 is 6.03 Å². The fourth-order valence-corrected chi connectivity index (χ4v) is 4.84. The number of carbonyl (C=O) groups excluding carboxylic acids is 1. The van der Waals surface area contributed by atoms with E-state index >= 15 is 0 Å². The van der Waals surface area contributed by atoms with Crippen LogP contribution >= 0.6 is 0 Å². The molecule has 0 aromatic carbocycles. The van der Waals surface area contributed by atoms with Crippen molar-refractivity contribution in [2.75, 3.05) is 19.7 Å². The number of nitrogens with zero attached hydrogens (tertiary/aromatic N) is 3. The highest BCUT2D eigenvalue weighted by Gasteiger charge is 2.36. The van der Waals surface area contributed by atoms with Gasteiger partial charge < -0.3 is 15.7 Å². The third-order valence-corrected chi connectivity index (χ3v) is 6.05. The Morgan fingerprint density at radius 1 is 1.20 bits per heavy atom. The molecule has 2 amide bonds. The van der Waals surface area contributed by atoms with Crippen molar-refractivity contribution in [3.8, 4) is 0 Å². The highest BCUT2D eigenvalue weighted by atomic mass is 16.3. The van der Waals surface area contributed by atoms with Crippen LogP contribution in [0, 0.1) is 0 Å². The zero-order valence-corrected chi connectivity index (χ0v) is 14.8. The van der Waals surface area contributed by atoms with Crippen molar-refractivity contribution < 1.29 is 9.90 Å². The lowest BCUT2D eigenvalue weighted by Gasteiger charge is -2.33. The van der Waals surface area contributed by atoms with Gasteiger partial charge in [-0.2, -0.15) is 5.10 Å². The predicted octanol–water partition coefficient (Wildman–Crippen LogP) is 1.18. The lowest BCUT2D eigenvalue weighted by Crippen LogP contribution is -2.50. The molecule has 0 bridgehead atoms. The van der Waals surface area contributed by atoms with Crippen LogP contribution in [0.2, 0.25) is 0 Å². The Hall–Kier alpha value is -1.60. The third-order valence-electron chi connectivity index (χ3n) is 6.05. The second-order valence-electron chi connectivity index (χ2n) is 7.55. The van der Waals surface area contributed by atoms with Gasteiger partial charge in [0.1, 0.15) is 0 Å². The van der Waals surface area contributed by atoms with Gasteiger partial charge >= 0.3 is 6.03 Å². The normalized spacial score (nSPS) is 29.1. The number of amides is 2. The average Bonchev–Trinajstić information content (AvgIpc) is 3.21. The first-order chi connectivity index (χ1) is 12.3. The minimum Gasteiger partial charge on any atom is -0.394 e. The Morgan fingerprint density at radius 3 is 3.00 bits per heavy atom. The fraction of sp³-hybridized carbons (Fsp3) is 0.778. The molecule has 2 aliphatic heterocycles. The number of aliphatic hydroxyl groups is 1. The molecule has 7 nitrogen and oxygen atoms in total. The van der Waals surface area contributed by atoms with E-state index in [2.05, 4.69) is 20.6 Å². The van der Waals surface area contributed by atoms with E-state index in [0.717, 1.165) is 43.5 Å². The quantitative estimate of drug-likeness (QED) is 0.764. The molecule has 3 aliphatic rings. The Bertz CT molecular complexity index is 617. The van der Waals surface area contributed by atoms with Gasteiger partial charge in [-0.1, -0.05) is 6.42 Å². The zero-order valence-electron chi connectivity index (χ0n) is 14.8. The topological polar surface area (TPSA) is 82.4 Å². The maximum atomic E-state index is 12.6. The van der Waals surface area contributed by atoms with Gasteiger partial charge in [-0.05, 0) is 45.1 Å². The number of hydrogen-bond acceptors (Lipinski definition) is 4. The SMILES string of the molecule is O=C(N[C@@H]1CCCc2c1cnn2CCO)N[C@@H]1CCN2CCCC[C@@H]12. The first-order valence-corrected chi connectivity index (χ1v) is 9.73. The molecule has 2 fully saturated rings. The number of fused-ring (bicyclic) bond motifs is 2. The number of carbonyl (C=O) groups is 1. The van der Waals surface area contributed by atoms with Gasteiger partial charge in [0.15, 0.2) is 0 Å². The molecule has 4 rings (SSSR count). The van der Waals surface area contributed by atoms with Gasteiger partial charge in [-0.15, -0.1) is 0 Å². The van der Waals surface area contributed by atoms with Crippen LogP contribution in [0.4, 0.5) is 4.79 Å². The first kappa shape index (κ1) is 16.8. The van der Waals surface area contributed by atoms with Crippen molar-refractivity contribution in [2.24, 2.45) is 0 Å². The summed E-state index contributed by atoms with van der Waals surface area (Å²) in [6.07, 6.45) is 9.63. The minimum atomic E-state index is -0.0508. The molecule has 1 aromatic rings. The summed E-state index contributed by atoms with van der Waals surface area (Å²) in [5.41, 5.74) is 2.27. The Labute approximate surface area is 148 Å². The second-order valence-corrected chi connectivity index (χ2v) is 7.55. The van der Waals surface area contributed by atoms with Gasteiger partial charge in [-0.25, -0.2) is 4.79 Å². The molecule has 3 N–H and O–H groups in total. The van der Waals surface area contributed by atoms with Gasteiger partial charge in [0.2, 0.25) is 0 Å². The lowest BCUT2D eigenvalue weighted by atomic mass is 9.93. The molecule has 2 saturated heterocycles. The van der Waals surface area contributed by atoms with Crippen molar-refractivity contribution in [3.63, 3.8) is 0 Å². The molecule has 3 heterocycles. The van der Waals surface area contributed by atoms with Gasteiger partial charge in [0.25, 0.3) is 0 Å². The van der Waals surface area contributed by atoms with Crippen LogP contribution in [0.25, 0.3) is 0 Å². The van der Waals surface area contributed by atoms with E-state index in [-0.39, 0.29) is 24.7 Å². The summed E-state index contributed by atoms with van der Waals surface area (Å²) < 4.78 is 1.87. The third kappa shape index (κ3) is 3.40. The van der Waals surface area contributed by atoms with E-state index in [9.17, 15) is 4.79 Å². The van der Waals surface area contributed by atoms with E-state index in [4.69, 9.17) is 5.11 Å². The molecule has 1 aromatic heterocycles. The summed E-state index contributed by atoms with van der Waals surface area (Å²) in [5, 5.41) is 19.9. The highest BCUT2D eigenvalue weighted by molar-refractivity contribution is 5.75. The molecule has 0 radical (unpaired) electrons. The van der Waals surface area contributed by atoms with Crippen LogP contribution < -0.4 is 10.6 Å². The van der Waals surface area contributed by atoms with Crippen LogP contribution in [0.5, 0.6) is 0 Å². The molecular weight excluding hydrogens is 318 g/mol. The highest BCUT2D eigenvalue weighted by Crippen LogP contribution is 2.30. The Kier molecular flexibility index (Phi) is 4.94. The first-order valence-electron chi connectivity index (χ1n) is 9.73. The molecule has 1 aliphatic carbocycles. The van der Waals surface area contributed by atoms with Crippen LogP contribution in [-0.2, 0) is 13.0 Å². The Morgan fingerprint density at radius 2 is 2.12 bits per heavy atom. The molecule has 0 spiro atoms. The number of hydrogen-bond donors (Lipinski definition) is 3. The molecule has 3 atom stereocenters. The number of rotatable bonds is 4. The number of aliphatic hydroxyl groups excluding tert-OH is 1. The van der Waals surface area contributed by atoms with Gasteiger partial charge in [0.05, 0.1) is 25.4 Å². The van der Waals surface area contributed by atoms with E-state index < -0.39 is 0 Å². The summed E-state index contributed by atoms with van der Waals surface area (Å²) in [6.45, 7) is 2.90. The van der Waals surface area contributed by atoms with Crippen molar-refractivity contribution in [2.45, 2.75) is 69.6 Å². The van der Waals surface area contributed by atoms with Crippen LogP contribution in [0.1, 0.15) is 55.8 Å². The summed E-state index contributed by atoms with van der Waals surface area (Å²) >= 11 is 0. The smallest absolute Gasteiger partial charge is 0.315 e. The second kappa shape index (κ2) is 7.33. The number of piperidine rings is 1. The number of nitrogens with one attached hydrogen (secondary N) is 2. The fourth-order valence-electron chi connectivity index (χ4n) is 4.84. The average molecular weight is 347 g/mol. The minimum absolute atomic E-state index is 0.0278. The summed E-state index contributed by atoms with van der Waals surface area (Å²) in [6, 6.07) is 0.777. The standard InChI is InChI=1S/C18H29N5O2/c24-11-10-23-16-6-3-4-14(13(16)12-19-23)20-18(25)21-15-7-9-22-8-2-1-5-17(15)22/h12,14-15,17,24H,1-11H2,(H2,20,21,25)/t14-,15-,17+/m1/s1. The largest absolute Gasteiger partial charge is 0.394 e. The predicted molar refractivity (Wildman–Crippen MR) is 94.3 cm³/mol. The lowest BCUT2D eigenvalue weighted by molar-refractivity contribution is 0.178. The summed E-state index contributed by atoms with van der Waals surface area (Å²) in [4.78, 5) is 15.1. The molecule has 0 unspecified atom stereocenters. The summed E-state index contributed by atoms with van der Waals surface area (Å²) in [5.74, 6) is 0. The maximum Gasteiger partial charge on any atom is 0.315 e. The van der Waals surface area contributed by atoms with E-state index in [1.54, 1.807) is 0 Å². The van der Waals surface area contributed by atoms with E-state index in [1.807, 2.05) is 10.9 Å². The van der Waals surface area contributed by atoms with E-state index in [1.165, 1.54) is 25.8 Å². The number of aromatic nitrogens is 2. The van der Waals surface area contributed by atoms with Gasteiger partial charge in [0, 0.05) is 29.9 Å². The van der Waals surface area contributed by atoms with Gasteiger partial charge in [-0.3, -0.25) is 9.58 Å². The van der Waals surface area contributed by atoms with Crippen molar-refractivity contribution in [1.82, 2.24) is 25.3 Å². The van der Waals surface area contributed by atoms with Crippen molar-refractivity contribution in [3.05, 3.63) is 17.5 Å². The molecule has 7 heteroatoms. The van der Waals surface area contributed by atoms with Crippen LogP contribution in [0.15, 0.2) is 6.20 Å². The van der Waals surface area contributed by atoms with Crippen LogP contribution in [-0.4, -0.2) is 57.6 Å². The number of urea groups is 1. The van der Waals surface area contributed by atoms with Crippen LogP contribution in [0.3, 0.4) is 0 Å². The van der Waals surface area contributed by atoms with Crippen molar-refractivity contribution in [1.29, 1.82) is 0 Å². The molecule has 25 heavy (non-hydrogen) atoms. The monoisotopic (exact) mass is 347 g/mol.